The van der Waals surface area contributed by atoms with Gasteiger partial charge in [0.05, 0.1) is 5.70 Å². The van der Waals surface area contributed by atoms with E-state index in [0.717, 1.165) is 22.4 Å². The second-order valence-corrected chi connectivity index (χ2v) is 7.66. The van der Waals surface area contributed by atoms with E-state index in [9.17, 15) is 0 Å². The lowest BCUT2D eigenvalue weighted by Gasteiger charge is -2.10. The third kappa shape index (κ3) is 4.98. The van der Waals surface area contributed by atoms with Crippen LogP contribution in [0.2, 0.25) is 0 Å². The summed E-state index contributed by atoms with van der Waals surface area (Å²) in [5.74, 6) is 0.683. The molecule has 0 aliphatic rings. The fraction of sp³-hybridized carbons (Fsp3) is 0.0667. The zero-order chi connectivity index (χ0) is 22.3. The molecular formula is C30H26N2. The van der Waals surface area contributed by atoms with Gasteiger partial charge in [-0.05, 0) is 41.7 Å². The van der Waals surface area contributed by atoms with Gasteiger partial charge in [0, 0.05) is 11.3 Å². The van der Waals surface area contributed by atoms with Crippen LogP contribution in [0.15, 0.2) is 126 Å². The normalized spacial score (nSPS) is 11.9. The van der Waals surface area contributed by atoms with Crippen molar-refractivity contribution in [2.45, 2.75) is 13.8 Å². The third-order valence-corrected chi connectivity index (χ3v) is 5.35. The van der Waals surface area contributed by atoms with Crippen LogP contribution in [0.25, 0.3) is 28.0 Å². The molecule has 0 heterocycles. The van der Waals surface area contributed by atoms with Crippen LogP contribution < -0.4 is 0 Å². The highest BCUT2D eigenvalue weighted by Gasteiger charge is 2.07. The zero-order valence-electron chi connectivity index (χ0n) is 18.5. The predicted octanol–water partition coefficient (Wildman–Crippen LogP) is 7.92. The number of benzene rings is 4. The minimum absolute atomic E-state index is 0.683. The Morgan fingerprint density at radius 3 is 1.75 bits per heavy atom. The molecule has 0 saturated carbocycles. The first-order valence-corrected chi connectivity index (χ1v) is 10.7. The van der Waals surface area contributed by atoms with Crippen molar-refractivity contribution in [3.8, 4) is 22.3 Å². The number of rotatable bonds is 5. The van der Waals surface area contributed by atoms with Gasteiger partial charge in [-0.25, -0.2) is 9.98 Å². The molecule has 0 saturated heterocycles. The van der Waals surface area contributed by atoms with Crippen molar-refractivity contribution in [1.29, 1.82) is 0 Å². The first-order chi connectivity index (χ1) is 15.6. The first-order valence-electron chi connectivity index (χ1n) is 10.7. The minimum Gasteiger partial charge on any atom is -0.238 e. The number of aliphatic imine (C=N–C) groups is 2. The maximum atomic E-state index is 4.77. The molecule has 4 rings (SSSR count). The molecule has 0 aliphatic heterocycles. The van der Waals surface area contributed by atoms with Crippen molar-refractivity contribution in [2.24, 2.45) is 9.98 Å². The lowest BCUT2D eigenvalue weighted by molar-refractivity contribution is 1.43. The van der Waals surface area contributed by atoms with E-state index < -0.39 is 0 Å². The van der Waals surface area contributed by atoms with Crippen LogP contribution >= 0.6 is 0 Å². The summed E-state index contributed by atoms with van der Waals surface area (Å²) < 4.78 is 0. The highest BCUT2D eigenvalue weighted by molar-refractivity contribution is 6.10. The Kier molecular flexibility index (Phi) is 6.52. The second-order valence-electron chi connectivity index (χ2n) is 7.66. The number of nitrogens with zero attached hydrogens (tertiary/aromatic N) is 2. The minimum atomic E-state index is 0.683. The van der Waals surface area contributed by atoms with Crippen LogP contribution in [0.1, 0.15) is 25.0 Å². The SMILES string of the molecule is C=C(/N=C(C)\N=C(/C)c1ccccc1-c1ccccc1)c1ccc(-c2ccccc2)cc1. The van der Waals surface area contributed by atoms with Crippen molar-refractivity contribution in [1.82, 2.24) is 0 Å². The summed E-state index contributed by atoms with van der Waals surface area (Å²) in [5.41, 5.74) is 8.43. The van der Waals surface area contributed by atoms with Crippen molar-refractivity contribution >= 4 is 17.2 Å². The van der Waals surface area contributed by atoms with E-state index in [1.165, 1.54) is 16.7 Å². The van der Waals surface area contributed by atoms with Gasteiger partial charge >= 0.3 is 0 Å². The highest BCUT2D eigenvalue weighted by Crippen LogP contribution is 2.25. The molecule has 0 bridgehead atoms. The van der Waals surface area contributed by atoms with Gasteiger partial charge < -0.3 is 0 Å². The van der Waals surface area contributed by atoms with E-state index in [-0.39, 0.29) is 0 Å². The Morgan fingerprint density at radius 2 is 1.09 bits per heavy atom. The van der Waals surface area contributed by atoms with E-state index in [4.69, 9.17) is 4.99 Å². The van der Waals surface area contributed by atoms with E-state index in [2.05, 4.69) is 90.4 Å². The fourth-order valence-electron chi connectivity index (χ4n) is 3.74. The Hall–Kier alpha value is -4.04. The van der Waals surface area contributed by atoms with Crippen molar-refractivity contribution < 1.29 is 0 Å². The summed E-state index contributed by atoms with van der Waals surface area (Å²) >= 11 is 0. The molecule has 4 aromatic rings. The van der Waals surface area contributed by atoms with Crippen LogP contribution in [-0.4, -0.2) is 11.5 Å². The van der Waals surface area contributed by atoms with Crippen LogP contribution in [0.5, 0.6) is 0 Å². The Labute approximate surface area is 190 Å². The lowest BCUT2D eigenvalue weighted by Crippen LogP contribution is -2.01. The molecule has 0 aliphatic carbocycles. The number of hydrogen-bond acceptors (Lipinski definition) is 1. The molecule has 0 unspecified atom stereocenters. The van der Waals surface area contributed by atoms with Gasteiger partial charge in [-0.15, -0.1) is 0 Å². The molecule has 32 heavy (non-hydrogen) atoms. The molecule has 4 aromatic carbocycles. The Morgan fingerprint density at radius 1 is 0.562 bits per heavy atom. The molecule has 2 heteroatoms. The topological polar surface area (TPSA) is 24.7 Å². The summed E-state index contributed by atoms with van der Waals surface area (Å²) in [5, 5.41) is 0. The quantitative estimate of drug-likeness (QED) is 0.234. The molecule has 0 atom stereocenters. The fourth-order valence-corrected chi connectivity index (χ4v) is 3.74. The second kappa shape index (κ2) is 9.84. The maximum absolute atomic E-state index is 4.77. The van der Waals surface area contributed by atoms with Crippen molar-refractivity contribution in [3.05, 3.63) is 127 Å². The Bertz CT molecular complexity index is 1270. The largest absolute Gasteiger partial charge is 0.238 e. The van der Waals surface area contributed by atoms with E-state index in [1.54, 1.807) is 0 Å². The van der Waals surface area contributed by atoms with Gasteiger partial charge in [0.2, 0.25) is 0 Å². The monoisotopic (exact) mass is 414 g/mol. The molecule has 0 spiro atoms. The first kappa shape index (κ1) is 21.2. The molecular weight excluding hydrogens is 388 g/mol. The molecule has 0 radical (unpaired) electrons. The summed E-state index contributed by atoms with van der Waals surface area (Å²) in [6.45, 7) is 8.10. The molecule has 0 fully saturated rings. The van der Waals surface area contributed by atoms with Gasteiger partial charge in [0.15, 0.2) is 0 Å². The van der Waals surface area contributed by atoms with Gasteiger partial charge in [-0.1, -0.05) is 116 Å². The average Bonchev–Trinajstić information content (AvgIpc) is 2.85. The molecule has 0 N–H and O–H groups in total. The summed E-state index contributed by atoms with van der Waals surface area (Å²) in [7, 11) is 0. The average molecular weight is 415 g/mol. The summed E-state index contributed by atoms with van der Waals surface area (Å²) in [6.07, 6.45) is 0. The Balaban J connectivity index is 1.55. The van der Waals surface area contributed by atoms with E-state index >= 15 is 0 Å². The van der Waals surface area contributed by atoms with E-state index in [1.807, 2.05) is 44.2 Å². The van der Waals surface area contributed by atoms with Gasteiger partial charge in [-0.2, -0.15) is 0 Å². The van der Waals surface area contributed by atoms with Gasteiger partial charge in [0.1, 0.15) is 5.84 Å². The maximum Gasteiger partial charge on any atom is 0.126 e. The number of amidine groups is 1. The lowest BCUT2D eigenvalue weighted by atomic mass is 9.97. The molecule has 156 valence electrons. The van der Waals surface area contributed by atoms with Crippen LogP contribution in [-0.2, 0) is 0 Å². The van der Waals surface area contributed by atoms with Crippen LogP contribution in [0.4, 0.5) is 0 Å². The standard InChI is InChI=1S/C30H26N2/c1-22(25-18-20-27(21-19-25)26-12-6-4-7-13-26)31-24(3)32-23(2)29-16-10-11-17-30(29)28-14-8-5-9-15-28/h4-21H,1H2,2-3H3/b31-24-,32-23+. The number of hydrogen-bond donors (Lipinski definition) is 0. The third-order valence-electron chi connectivity index (χ3n) is 5.35. The van der Waals surface area contributed by atoms with Crippen LogP contribution in [0, 0.1) is 0 Å². The summed E-state index contributed by atoms with van der Waals surface area (Å²) in [4.78, 5) is 9.42. The summed E-state index contributed by atoms with van der Waals surface area (Å²) in [6, 6.07) is 37.4. The van der Waals surface area contributed by atoms with E-state index in [0.29, 0.717) is 11.5 Å². The predicted molar refractivity (Wildman–Crippen MR) is 138 cm³/mol. The van der Waals surface area contributed by atoms with Crippen molar-refractivity contribution in [3.63, 3.8) is 0 Å². The molecule has 2 nitrogen and oxygen atoms in total. The van der Waals surface area contributed by atoms with Gasteiger partial charge in [-0.3, -0.25) is 0 Å². The molecule has 0 amide bonds. The van der Waals surface area contributed by atoms with Crippen LogP contribution in [0.3, 0.4) is 0 Å². The van der Waals surface area contributed by atoms with Gasteiger partial charge in [0.25, 0.3) is 0 Å². The smallest absolute Gasteiger partial charge is 0.126 e. The van der Waals surface area contributed by atoms with Crippen molar-refractivity contribution in [2.75, 3.05) is 0 Å². The highest BCUT2D eigenvalue weighted by atomic mass is 14.9. The molecule has 0 aromatic heterocycles. The zero-order valence-corrected chi connectivity index (χ0v) is 18.5.